The molecule has 0 spiro atoms. The number of hydrogen-bond acceptors (Lipinski definition) is 2. The third-order valence-electron chi connectivity index (χ3n) is 6.21. The molecule has 2 heteroatoms. The van der Waals surface area contributed by atoms with Crippen molar-refractivity contribution in [2.45, 2.75) is 38.5 Å². The second-order valence-electron chi connectivity index (χ2n) is 7.41. The molecule has 4 aliphatic carbocycles. The Morgan fingerprint density at radius 1 is 0.900 bits per heavy atom. The predicted molar refractivity (Wildman–Crippen MR) is 83.1 cm³/mol. The summed E-state index contributed by atoms with van der Waals surface area (Å²) >= 11 is 0. The molecule has 4 aliphatic rings. The van der Waals surface area contributed by atoms with Gasteiger partial charge in [-0.3, -0.25) is 0 Å². The molecule has 0 heterocycles. The van der Waals surface area contributed by atoms with Crippen LogP contribution in [0.4, 0.5) is 5.69 Å². The number of nitrogens with zero attached hydrogens (tertiary/aromatic N) is 1. The van der Waals surface area contributed by atoms with Gasteiger partial charge in [-0.1, -0.05) is 18.2 Å². The van der Waals surface area contributed by atoms with Crippen molar-refractivity contribution in [1.82, 2.24) is 0 Å². The van der Waals surface area contributed by atoms with Gasteiger partial charge in [0.15, 0.2) is 0 Å². The first-order valence-corrected chi connectivity index (χ1v) is 8.37. The van der Waals surface area contributed by atoms with Gasteiger partial charge in [-0.25, -0.2) is 5.84 Å². The quantitative estimate of drug-likeness (QED) is 0.665. The molecule has 4 bridgehead atoms. The van der Waals surface area contributed by atoms with Crippen LogP contribution in [0.15, 0.2) is 30.3 Å². The molecule has 4 fully saturated rings. The van der Waals surface area contributed by atoms with Gasteiger partial charge in [0, 0.05) is 6.54 Å². The number of para-hydroxylation sites is 1. The molecule has 0 radical (unpaired) electrons. The van der Waals surface area contributed by atoms with Crippen molar-refractivity contribution in [2.24, 2.45) is 35.4 Å². The van der Waals surface area contributed by atoms with Crippen LogP contribution in [0.2, 0.25) is 0 Å². The van der Waals surface area contributed by atoms with Crippen molar-refractivity contribution in [3.8, 4) is 0 Å². The van der Waals surface area contributed by atoms with E-state index in [0.717, 1.165) is 41.8 Å². The van der Waals surface area contributed by atoms with Crippen LogP contribution in [-0.4, -0.2) is 6.54 Å². The average molecular weight is 270 g/mol. The fourth-order valence-electron chi connectivity index (χ4n) is 5.55. The maximum atomic E-state index is 6.23. The third kappa shape index (κ3) is 2.24. The van der Waals surface area contributed by atoms with Gasteiger partial charge < -0.3 is 5.01 Å². The first-order chi connectivity index (χ1) is 9.79. The lowest BCUT2D eigenvalue weighted by molar-refractivity contribution is -0.0387. The van der Waals surface area contributed by atoms with E-state index in [0.29, 0.717) is 0 Å². The van der Waals surface area contributed by atoms with Gasteiger partial charge in [0.1, 0.15) is 0 Å². The van der Waals surface area contributed by atoms with Crippen molar-refractivity contribution in [3.63, 3.8) is 0 Å². The Balaban J connectivity index is 1.38. The molecule has 2 nitrogen and oxygen atoms in total. The lowest BCUT2D eigenvalue weighted by atomic mass is 9.51. The molecule has 1 aromatic carbocycles. The smallest absolute Gasteiger partial charge is 0.0517 e. The molecule has 0 saturated heterocycles. The molecule has 20 heavy (non-hydrogen) atoms. The highest BCUT2D eigenvalue weighted by Crippen LogP contribution is 2.57. The van der Waals surface area contributed by atoms with Crippen molar-refractivity contribution in [2.75, 3.05) is 11.6 Å². The number of benzene rings is 1. The Kier molecular flexibility index (Phi) is 3.22. The van der Waals surface area contributed by atoms with E-state index in [1.807, 2.05) is 5.01 Å². The minimum Gasteiger partial charge on any atom is -0.311 e. The fourth-order valence-corrected chi connectivity index (χ4v) is 5.55. The highest BCUT2D eigenvalue weighted by atomic mass is 15.4. The zero-order valence-corrected chi connectivity index (χ0v) is 12.2. The SMILES string of the molecule is NN(CCC1C2CC3CC(C2)CC1C3)c1ccccc1. The molecule has 108 valence electrons. The molecule has 5 rings (SSSR count). The van der Waals surface area contributed by atoms with Crippen LogP contribution < -0.4 is 10.9 Å². The van der Waals surface area contributed by atoms with Gasteiger partial charge in [0.05, 0.1) is 5.69 Å². The van der Waals surface area contributed by atoms with Gasteiger partial charge in [-0.15, -0.1) is 0 Å². The Morgan fingerprint density at radius 3 is 2.10 bits per heavy atom. The molecule has 1 aromatic rings. The first kappa shape index (κ1) is 12.7. The van der Waals surface area contributed by atoms with Gasteiger partial charge in [0.25, 0.3) is 0 Å². The maximum absolute atomic E-state index is 6.23. The average Bonchev–Trinajstić information content (AvgIpc) is 2.46. The van der Waals surface area contributed by atoms with Gasteiger partial charge in [-0.2, -0.15) is 0 Å². The number of nitrogens with two attached hydrogens (primary N) is 1. The Labute approximate surface area is 122 Å². The number of hydrogen-bond donors (Lipinski definition) is 1. The molecule has 2 N–H and O–H groups in total. The second kappa shape index (κ2) is 5.07. The van der Waals surface area contributed by atoms with Crippen molar-refractivity contribution in [1.29, 1.82) is 0 Å². The van der Waals surface area contributed by atoms with E-state index < -0.39 is 0 Å². The molecule has 0 aromatic heterocycles. The minimum absolute atomic E-state index is 0.956. The fraction of sp³-hybridized carbons (Fsp3) is 0.667. The normalized spacial score (nSPS) is 38.1. The Bertz CT molecular complexity index is 428. The van der Waals surface area contributed by atoms with Gasteiger partial charge in [0.2, 0.25) is 0 Å². The summed E-state index contributed by atoms with van der Waals surface area (Å²) in [4.78, 5) is 0. The van der Waals surface area contributed by atoms with Crippen LogP contribution in [0.3, 0.4) is 0 Å². The van der Waals surface area contributed by atoms with E-state index in [-0.39, 0.29) is 0 Å². The van der Waals surface area contributed by atoms with Crippen molar-refractivity contribution < 1.29 is 0 Å². The highest BCUT2D eigenvalue weighted by Gasteiger charge is 2.47. The van der Waals surface area contributed by atoms with Crippen molar-refractivity contribution >= 4 is 5.69 Å². The summed E-state index contributed by atoms with van der Waals surface area (Å²) in [6, 6.07) is 10.4. The van der Waals surface area contributed by atoms with Crippen LogP contribution in [0.1, 0.15) is 38.5 Å². The topological polar surface area (TPSA) is 29.3 Å². The third-order valence-corrected chi connectivity index (χ3v) is 6.21. The van der Waals surface area contributed by atoms with Crippen LogP contribution in [0.25, 0.3) is 0 Å². The summed E-state index contributed by atoms with van der Waals surface area (Å²) in [5, 5.41) is 1.95. The first-order valence-electron chi connectivity index (χ1n) is 8.37. The monoisotopic (exact) mass is 270 g/mol. The molecule has 4 saturated carbocycles. The number of rotatable bonds is 4. The zero-order chi connectivity index (χ0) is 13.5. The zero-order valence-electron chi connectivity index (χ0n) is 12.2. The highest BCUT2D eigenvalue weighted by molar-refractivity contribution is 5.44. The lowest BCUT2D eigenvalue weighted by Crippen LogP contribution is -2.46. The van der Waals surface area contributed by atoms with Crippen LogP contribution in [-0.2, 0) is 0 Å². The molecular weight excluding hydrogens is 244 g/mol. The molecule has 0 aliphatic heterocycles. The summed E-state index contributed by atoms with van der Waals surface area (Å²) < 4.78 is 0. The summed E-state index contributed by atoms with van der Waals surface area (Å²) in [5.41, 5.74) is 1.15. The van der Waals surface area contributed by atoms with E-state index in [4.69, 9.17) is 5.84 Å². The van der Waals surface area contributed by atoms with Crippen LogP contribution in [0.5, 0.6) is 0 Å². The van der Waals surface area contributed by atoms with Crippen LogP contribution >= 0.6 is 0 Å². The maximum Gasteiger partial charge on any atom is 0.0517 e. The standard InChI is InChI=1S/C18H26N2/c19-20(17-4-2-1-3-5-17)7-6-18-15-9-13-8-14(11-15)12-16(18)10-13/h1-5,13-16,18H,6-12,19H2. The summed E-state index contributed by atoms with van der Waals surface area (Å²) in [7, 11) is 0. The molecular formula is C18H26N2. The molecule has 0 unspecified atom stereocenters. The van der Waals surface area contributed by atoms with E-state index in [2.05, 4.69) is 30.3 Å². The van der Waals surface area contributed by atoms with Gasteiger partial charge in [-0.05, 0) is 80.2 Å². The molecule has 0 atom stereocenters. The Hall–Kier alpha value is -1.02. The minimum atomic E-state index is 0.956. The Morgan fingerprint density at radius 2 is 1.50 bits per heavy atom. The number of anilines is 1. The van der Waals surface area contributed by atoms with E-state index in [9.17, 15) is 0 Å². The number of hydrazine groups is 1. The summed E-state index contributed by atoms with van der Waals surface area (Å²) in [6.07, 6.45) is 8.93. The summed E-state index contributed by atoms with van der Waals surface area (Å²) in [6.45, 7) is 1.01. The van der Waals surface area contributed by atoms with E-state index in [1.165, 1.54) is 32.1 Å². The van der Waals surface area contributed by atoms with E-state index >= 15 is 0 Å². The van der Waals surface area contributed by atoms with E-state index in [1.54, 1.807) is 6.42 Å². The lowest BCUT2D eigenvalue weighted by Gasteiger charge is -2.54. The van der Waals surface area contributed by atoms with Crippen LogP contribution in [0, 0.1) is 29.6 Å². The predicted octanol–water partition coefficient (Wildman–Crippen LogP) is 3.83. The van der Waals surface area contributed by atoms with Gasteiger partial charge >= 0.3 is 0 Å². The van der Waals surface area contributed by atoms with Crippen molar-refractivity contribution in [3.05, 3.63) is 30.3 Å². The second-order valence-corrected chi connectivity index (χ2v) is 7.41. The molecule has 0 amide bonds. The summed E-state index contributed by atoms with van der Waals surface area (Å²) in [5.74, 6) is 11.4. The largest absolute Gasteiger partial charge is 0.311 e.